The molecule has 0 aliphatic carbocycles. The quantitative estimate of drug-likeness (QED) is 0.424. The average Bonchev–Trinajstić information content (AvgIpc) is 3.17. The van der Waals surface area contributed by atoms with Crippen LogP contribution in [0.5, 0.6) is 5.75 Å². The van der Waals surface area contributed by atoms with Crippen molar-refractivity contribution in [1.29, 1.82) is 0 Å². The molecule has 31 heavy (non-hydrogen) atoms. The third-order valence-corrected chi connectivity index (χ3v) is 5.46. The van der Waals surface area contributed by atoms with Crippen LogP contribution in [0.15, 0.2) is 52.7 Å². The van der Waals surface area contributed by atoms with Crippen LogP contribution in [-0.4, -0.2) is 25.8 Å². The fourth-order valence-electron chi connectivity index (χ4n) is 3.71. The molecule has 2 heterocycles. The Hall–Kier alpha value is -2.76. The van der Waals surface area contributed by atoms with Gasteiger partial charge in [0.05, 0.1) is 32.5 Å². The molecule has 0 unspecified atom stereocenters. The maximum atomic E-state index is 11.9. The van der Waals surface area contributed by atoms with Gasteiger partial charge in [-0.05, 0) is 38.0 Å². The van der Waals surface area contributed by atoms with Crippen molar-refractivity contribution in [2.24, 2.45) is 0 Å². The molecule has 1 aliphatic rings. The van der Waals surface area contributed by atoms with Crippen LogP contribution in [0.2, 0.25) is 5.02 Å². The summed E-state index contributed by atoms with van der Waals surface area (Å²) in [5.74, 6) is 0.376. The number of furan rings is 1. The lowest BCUT2D eigenvalue weighted by atomic mass is 10.0. The molecular weight excluding hydrogens is 416 g/mol. The van der Waals surface area contributed by atoms with Gasteiger partial charge in [-0.15, -0.1) is 0 Å². The second-order valence-corrected chi connectivity index (χ2v) is 7.86. The van der Waals surface area contributed by atoms with Crippen molar-refractivity contribution >= 4 is 34.6 Å². The minimum absolute atomic E-state index is 0.170. The Labute approximate surface area is 186 Å². The van der Waals surface area contributed by atoms with Crippen molar-refractivity contribution in [2.45, 2.75) is 32.8 Å². The van der Waals surface area contributed by atoms with Gasteiger partial charge in [-0.1, -0.05) is 41.4 Å². The van der Waals surface area contributed by atoms with E-state index in [0.29, 0.717) is 24.0 Å². The summed E-state index contributed by atoms with van der Waals surface area (Å²) < 4.78 is 22.5. The third kappa shape index (κ3) is 5.30. The molecule has 1 saturated heterocycles. The van der Waals surface area contributed by atoms with Crippen molar-refractivity contribution in [1.82, 2.24) is 0 Å². The molecule has 0 atom stereocenters. The number of ether oxygens (including phenoxy) is 3. The standard InChI is InChI=1S/C25H25ClO5/c1-2-29-24(27)13-18-5-3-4-6-23(18)30-15-20-16-31-25-19(12-21(26)14-22(20)25)11-17-7-9-28-10-8-17/h3-6,11-12,14,16H,2,7-10,13,15H2,1H3. The van der Waals surface area contributed by atoms with E-state index in [4.69, 9.17) is 30.2 Å². The molecule has 0 N–H and O–H groups in total. The average molecular weight is 441 g/mol. The van der Waals surface area contributed by atoms with Gasteiger partial charge < -0.3 is 18.6 Å². The van der Waals surface area contributed by atoms with E-state index in [2.05, 4.69) is 6.08 Å². The monoisotopic (exact) mass is 440 g/mol. The number of halogens is 1. The Balaban J connectivity index is 1.56. The Morgan fingerprint density at radius 3 is 2.77 bits per heavy atom. The highest BCUT2D eigenvalue weighted by Crippen LogP contribution is 2.32. The van der Waals surface area contributed by atoms with E-state index in [-0.39, 0.29) is 12.4 Å². The van der Waals surface area contributed by atoms with Crippen LogP contribution < -0.4 is 4.74 Å². The molecule has 5 nitrogen and oxygen atoms in total. The Morgan fingerprint density at radius 1 is 1.16 bits per heavy atom. The molecule has 0 amide bonds. The second-order valence-electron chi connectivity index (χ2n) is 7.43. The van der Waals surface area contributed by atoms with E-state index in [1.54, 1.807) is 13.2 Å². The van der Waals surface area contributed by atoms with E-state index >= 15 is 0 Å². The topological polar surface area (TPSA) is 57.9 Å². The van der Waals surface area contributed by atoms with Gasteiger partial charge in [0.25, 0.3) is 0 Å². The third-order valence-electron chi connectivity index (χ3n) is 5.24. The maximum Gasteiger partial charge on any atom is 0.310 e. The molecule has 1 fully saturated rings. The van der Waals surface area contributed by atoms with E-state index in [9.17, 15) is 4.79 Å². The largest absolute Gasteiger partial charge is 0.488 e. The second kappa shape index (κ2) is 10.0. The SMILES string of the molecule is CCOC(=O)Cc1ccccc1OCc1coc2c(C=C3CCOCC3)cc(Cl)cc12. The van der Waals surface area contributed by atoms with Gasteiger partial charge >= 0.3 is 5.97 Å². The highest BCUT2D eigenvalue weighted by molar-refractivity contribution is 6.31. The number of hydrogen-bond donors (Lipinski definition) is 0. The van der Waals surface area contributed by atoms with Crippen LogP contribution in [0.3, 0.4) is 0 Å². The molecule has 4 rings (SSSR count). The lowest BCUT2D eigenvalue weighted by molar-refractivity contribution is -0.142. The maximum absolute atomic E-state index is 11.9. The molecule has 0 radical (unpaired) electrons. The zero-order valence-electron chi connectivity index (χ0n) is 17.5. The highest BCUT2D eigenvalue weighted by Gasteiger charge is 2.15. The molecule has 1 aliphatic heterocycles. The number of esters is 1. The van der Waals surface area contributed by atoms with Crippen LogP contribution in [-0.2, 0) is 27.3 Å². The summed E-state index contributed by atoms with van der Waals surface area (Å²) in [7, 11) is 0. The van der Waals surface area contributed by atoms with E-state index in [1.165, 1.54) is 5.57 Å². The van der Waals surface area contributed by atoms with Crippen LogP contribution >= 0.6 is 11.6 Å². The van der Waals surface area contributed by atoms with Gasteiger partial charge in [0, 0.05) is 27.1 Å². The van der Waals surface area contributed by atoms with E-state index < -0.39 is 0 Å². The first-order chi connectivity index (χ1) is 15.1. The molecule has 6 heteroatoms. The fourth-order valence-corrected chi connectivity index (χ4v) is 3.94. The fraction of sp³-hybridized carbons (Fsp3) is 0.320. The Morgan fingerprint density at radius 2 is 1.97 bits per heavy atom. The van der Waals surface area contributed by atoms with Gasteiger partial charge in [0.1, 0.15) is 17.9 Å². The summed E-state index contributed by atoms with van der Waals surface area (Å²) in [5.41, 5.74) is 4.78. The molecule has 2 aromatic carbocycles. The number of carbonyl (C=O) groups is 1. The van der Waals surface area contributed by atoms with Crippen molar-refractivity contribution in [3.05, 3.63) is 69.9 Å². The molecule has 0 saturated carbocycles. The normalized spacial score (nSPS) is 13.9. The van der Waals surface area contributed by atoms with Crippen molar-refractivity contribution in [2.75, 3.05) is 19.8 Å². The smallest absolute Gasteiger partial charge is 0.310 e. The summed E-state index contributed by atoms with van der Waals surface area (Å²) in [6.07, 6.45) is 5.87. The summed E-state index contributed by atoms with van der Waals surface area (Å²) in [5, 5.41) is 1.58. The van der Waals surface area contributed by atoms with Gasteiger partial charge in [-0.2, -0.15) is 0 Å². The first kappa shape index (κ1) is 21.5. The first-order valence-electron chi connectivity index (χ1n) is 10.5. The van der Waals surface area contributed by atoms with Crippen molar-refractivity contribution in [3.8, 4) is 5.75 Å². The number of hydrogen-bond acceptors (Lipinski definition) is 5. The Kier molecular flexibility index (Phi) is 6.95. The zero-order chi connectivity index (χ0) is 21.6. The summed E-state index contributed by atoms with van der Waals surface area (Å²) in [4.78, 5) is 11.9. The Bertz CT molecular complexity index is 1090. The minimum Gasteiger partial charge on any atom is -0.488 e. The highest BCUT2D eigenvalue weighted by atomic mass is 35.5. The van der Waals surface area contributed by atoms with Crippen LogP contribution in [0.25, 0.3) is 17.0 Å². The molecule has 162 valence electrons. The van der Waals surface area contributed by atoms with Gasteiger partial charge in [-0.3, -0.25) is 4.79 Å². The minimum atomic E-state index is -0.273. The van der Waals surface area contributed by atoms with Gasteiger partial charge in [-0.25, -0.2) is 0 Å². The molecule has 1 aromatic heterocycles. The first-order valence-corrected chi connectivity index (χ1v) is 10.8. The number of rotatable bonds is 7. The lowest BCUT2D eigenvalue weighted by Crippen LogP contribution is -2.09. The molecule has 0 spiro atoms. The summed E-state index contributed by atoms with van der Waals surface area (Å²) in [6.45, 7) is 3.95. The van der Waals surface area contributed by atoms with Crippen LogP contribution in [0, 0.1) is 0 Å². The number of carbonyl (C=O) groups excluding carboxylic acids is 1. The lowest BCUT2D eigenvalue weighted by Gasteiger charge is -2.14. The van der Waals surface area contributed by atoms with Gasteiger partial charge in [0.15, 0.2) is 0 Å². The number of para-hydroxylation sites is 1. The zero-order valence-corrected chi connectivity index (χ0v) is 18.2. The predicted octanol–water partition coefficient (Wildman–Crippen LogP) is 5.96. The number of benzene rings is 2. The molecular formula is C25H25ClO5. The predicted molar refractivity (Wildman–Crippen MR) is 120 cm³/mol. The van der Waals surface area contributed by atoms with Crippen LogP contribution in [0.4, 0.5) is 0 Å². The number of fused-ring (bicyclic) bond motifs is 1. The van der Waals surface area contributed by atoms with Gasteiger partial charge in [0.2, 0.25) is 0 Å². The van der Waals surface area contributed by atoms with Crippen molar-refractivity contribution in [3.63, 3.8) is 0 Å². The molecule has 3 aromatic rings. The summed E-state index contributed by atoms with van der Waals surface area (Å²) in [6, 6.07) is 11.3. The van der Waals surface area contributed by atoms with Crippen LogP contribution in [0.1, 0.15) is 36.5 Å². The van der Waals surface area contributed by atoms with E-state index in [0.717, 1.165) is 53.7 Å². The van der Waals surface area contributed by atoms with E-state index in [1.807, 2.05) is 36.4 Å². The van der Waals surface area contributed by atoms with Crippen molar-refractivity contribution < 1.29 is 23.4 Å². The molecule has 0 bridgehead atoms. The summed E-state index contributed by atoms with van der Waals surface area (Å²) >= 11 is 6.41.